The second-order valence-corrected chi connectivity index (χ2v) is 4.55. The molecule has 0 radical (unpaired) electrons. The fourth-order valence-electron chi connectivity index (χ4n) is 1.18. The van der Waals surface area contributed by atoms with Crippen LogP contribution in [0.3, 0.4) is 0 Å². The first-order valence-corrected chi connectivity index (χ1v) is 6.56. The molecule has 0 fully saturated rings. The first kappa shape index (κ1) is 14.6. The minimum absolute atomic E-state index is 0.351. The lowest BCUT2D eigenvalue weighted by Gasteiger charge is -2.11. The van der Waals surface area contributed by atoms with Crippen LogP contribution in [-0.2, 0) is 20.6 Å². The Morgan fingerprint density at radius 2 is 2.00 bits per heavy atom. The highest BCUT2D eigenvalue weighted by atomic mass is 32.2. The molecule has 0 saturated carbocycles. The van der Waals surface area contributed by atoms with E-state index in [0.29, 0.717) is 19.4 Å². The fourth-order valence-corrected chi connectivity index (χ4v) is 1.85. The predicted molar refractivity (Wildman–Crippen MR) is 60.0 cm³/mol. The van der Waals surface area contributed by atoms with Crippen LogP contribution in [0.25, 0.3) is 0 Å². The molecule has 0 aliphatic heterocycles. The van der Waals surface area contributed by atoms with Crippen molar-refractivity contribution in [1.82, 2.24) is 0 Å². The van der Waals surface area contributed by atoms with Gasteiger partial charge in [-0.1, -0.05) is 33.1 Å². The number of carbonyl (C=O) groups is 1. The molecule has 0 aromatic rings. The highest BCUT2D eigenvalue weighted by molar-refractivity contribution is 7.80. The second kappa shape index (κ2) is 8.85. The van der Waals surface area contributed by atoms with Crippen LogP contribution >= 0.6 is 0 Å². The number of hydrogen-bond acceptors (Lipinski definition) is 3. The van der Waals surface area contributed by atoms with Crippen molar-refractivity contribution in [1.29, 1.82) is 0 Å². The van der Waals surface area contributed by atoms with E-state index in [1.54, 1.807) is 0 Å². The number of carbonyl (C=O) groups excluding carboxylic acids is 1. The van der Waals surface area contributed by atoms with Crippen molar-refractivity contribution in [3.63, 3.8) is 0 Å². The molecule has 0 heterocycles. The zero-order valence-electron chi connectivity index (χ0n) is 9.40. The van der Waals surface area contributed by atoms with Gasteiger partial charge in [0.25, 0.3) is 0 Å². The molecule has 2 atom stereocenters. The van der Waals surface area contributed by atoms with Gasteiger partial charge in [-0.05, 0) is 12.8 Å². The van der Waals surface area contributed by atoms with Gasteiger partial charge in [-0.25, -0.2) is 4.21 Å². The number of rotatable bonds is 8. The Hall–Kier alpha value is -0.420. The number of ether oxygens (including phenoxy) is 1. The Balaban J connectivity index is 3.87. The van der Waals surface area contributed by atoms with Gasteiger partial charge in [-0.15, -0.1) is 0 Å². The monoisotopic (exact) mass is 236 g/mol. The molecule has 90 valence electrons. The van der Waals surface area contributed by atoms with E-state index in [9.17, 15) is 9.00 Å². The van der Waals surface area contributed by atoms with Crippen molar-refractivity contribution in [3.8, 4) is 0 Å². The highest BCUT2D eigenvalue weighted by Gasteiger charge is 2.24. The molecular formula is C10H20O4S. The molecule has 15 heavy (non-hydrogen) atoms. The lowest BCUT2D eigenvalue weighted by Crippen LogP contribution is -2.28. The van der Waals surface area contributed by atoms with Crippen molar-refractivity contribution >= 4 is 17.0 Å². The Morgan fingerprint density at radius 1 is 1.33 bits per heavy atom. The van der Waals surface area contributed by atoms with Gasteiger partial charge in [0.05, 0.1) is 6.61 Å². The second-order valence-electron chi connectivity index (χ2n) is 3.43. The lowest BCUT2D eigenvalue weighted by atomic mass is 10.2. The van der Waals surface area contributed by atoms with Crippen LogP contribution in [0.15, 0.2) is 0 Å². The Morgan fingerprint density at radius 3 is 2.47 bits per heavy atom. The summed E-state index contributed by atoms with van der Waals surface area (Å²) in [7, 11) is 0. The quantitative estimate of drug-likeness (QED) is 0.398. The van der Waals surface area contributed by atoms with Crippen LogP contribution in [0.1, 0.15) is 46.0 Å². The summed E-state index contributed by atoms with van der Waals surface area (Å²) in [5.74, 6) is -0.547. The zero-order valence-corrected chi connectivity index (χ0v) is 10.2. The molecule has 5 heteroatoms. The van der Waals surface area contributed by atoms with Gasteiger partial charge in [0.1, 0.15) is 0 Å². The SMILES string of the molecule is CCCCCOC(=O)C(CCC)S(=O)O. The summed E-state index contributed by atoms with van der Waals surface area (Å²) in [6, 6.07) is 0. The van der Waals surface area contributed by atoms with Crippen LogP contribution < -0.4 is 0 Å². The number of unbranched alkanes of at least 4 members (excludes halogenated alkanes) is 2. The molecule has 4 nitrogen and oxygen atoms in total. The van der Waals surface area contributed by atoms with E-state index in [1.165, 1.54) is 0 Å². The van der Waals surface area contributed by atoms with Gasteiger partial charge in [0, 0.05) is 0 Å². The third-order valence-electron chi connectivity index (χ3n) is 2.05. The van der Waals surface area contributed by atoms with E-state index in [-0.39, 0.29) is 0 Å². The summed E-state index contributed by atoms with van der Waals surface area (Å²) in [5, 5.41) is -0.878. The summed E-state index contributed by atoms with van der Waals surface area (Å²) in [6.07, 6.45) is 3.98. The van der Waals surface area contributed by atoms with E-state index in [4.69, 9.17) is 9.29 Å². The van der Waals surface area contributed by atoms with Crippen molar-refractivity contribution in [3.05, 3.63) is 0 Å². The average Bonchev–Trinajstić information content (AvgIpc) is 2.20. The summed E-state index contributed by atoms with van der Waals surface area (Å²) < 4.78 is 24.6. The van der Waals surface area contributed by atoms with Crippen LogP contribution in [0, 0.1) is 0 Å². The maximum atomic E-state index is 11.4. The van der Waals surface area contributed by atoms with E-state index in [2.05, 4.69) is 6.92 Å². The molecule has 0 saturated heterocycles. The maximum absolute atomic E-state index is 11.4. The molecule has 0 aliphatic rings. The van der Waals surface area contributed by atoms with Crippen LogP contribution in [-0.4, -0.2) is 26.6 Å². The third-order valence-corrected chi connectivity index (χ3v) is 2.96. The standard InChI is InChI=1S/C10H20O4S/c1-3-5-6-8-14-10(11)9(7-4-2)15(12)13/h9H,3-8H2,1-2H3,(H,12,13). The van der Waals surface area contributed by atoms with Gasteiger partial charge >= 0.3 is 5.97 Å². The summed E-state index contributed by atoms with van der Waals surface area (Å²) in [4.78, 5) is 11.4. The summed E-state index contributed by atoms with van der Waals surface area (Å²) in [5.41, 5.74) is 0. The summed E-state index contributed by atoms with van der Waals surface area (Å²) in [6.45, 7) is 4.28. The fraction of sp³-hybridized carbons (Fsp3) is 0.900. The summed E-state index contributed by atoms with van der Waals surface area (Å²) >= 11 is -2.12. The molecule has 0 amide bonds. The predicted octanol–water partition coefficient (Wildman–Crippen LogP) is 2.11. The smallest absolute Gasteiger partial charge is 0.324 e. The van der Waals surface area contributed by atoms with E-state index in [1.807, 2.05) is 6.92 Å². The van der Waals surface area contributed by atoms with E-state index in [0.717, 1.165) is 19.3 Å². The molecular weight excluding hydrogens is 216 g/mol. The number of esters is 1. The minimum atomic E-state index is -2.12. The average molecular weight is 236 g/mol. The lowest BCUT2D eigenvalue weighted by molar-refractivity contribution is -0.143. The van der Waals surface area contributed by atoms with Gasteiger partial charge < -0.3 is 9.29 Å². The van der Waals surface area contributed by atoms with Gasteiger partial charge in [-0.3, -0.25) is 4.79 Å². The molecule has 1 N–H and O–H groups in total. The molecule has 0 aliphatic carbocycles. The van der Waals surface area contributed by atoms with Gasteiger partial charge in [0.2, 0.25) is 0 Å². The van der Waals surface area contributed by atoms with E-state index < -0.39 is 22.3 Å². The third kappa shape index (κ3) is 6.62. The first-order valence-electron chi connectivity index (χ1n) is 5.39. The van der Waals surface area contributed by atoms with Crippen LogP contribution in [0.2, 0.25) is 0 Å². The minimum Gasteiger partial charge on any atom is -0.465 e. The number of hydrogen-bond donors (Lipinski definition) is 1. The van der Waals surface area contributed by atoms with E-state index >= 15 is 0 Å². The largest absolute Gasteiger partial charge is 0.465 e. The van der Waals surface area contributed by atoms with Gasteiger partial charge in [-0.2, -0.15) is 0 Å². The highest BCUT2D eigenvalue weighted by Crippen LogP contribution is 2.07. The van der Waals surface area contributed by atoms with Crippen LogP contribution in [0.4, 0.5) is 0 Å². The zero-order chi connectivity index (χ0) is 11.7. The Labute approximate surface area is 93.7 Å². The molecule has 0 aromatic carbocycles. The molecule has 0 bridgehead atoms. The topological polar surface area (TPSA) is 63.6 Å². The van der Waals surface area contributed by atoms with Crippen molar-refractivity contribution in [2.45, 2.75) is 51.2 Å². The Kier molecular flexibility index (Phi) is 8.61. The normalized spacial score (nSPS) is 14.6. The Bertz CT molecular complexity index is 206. The molecule has 0 rings (SSSR count). The molecule has 2 unspecified atom stereocenters. The molecule has 0 spiro atoms. The van der Waals surface area contributed by atoms with Gasteiger partial charge in [0.15, 0.2) is 16.3 Å². The van der Waals surface area contributed by atoms with Crippen LogP contribution in [0.5, 0.6) is 0 Å². The molecule has 0 aromatic heterocycles. The van der Waals surface area contributed by atoms with Crippen molar-refractivity contribution in [2.24, 2.45) is 0 Å². The van der Waals surface area contributed by atoms with Crippen molar-refractivity contribution < 1.29 is 18.3 Å². The van der Waals surface area contributed by atoms with Crippen molar-refractivity contribution in [2.75, 3.05) is 6.61 Å². The first-order chi connectivity index (χ1) is 7.13. The maximum Gasteiger partial charge on any atom is 0.324 e.